The van der Waals surface area contributed by atoms with E-state index < -0.39 is 0 Å². The molecule has 2 N–H and O–H groups in total. The van der Waals surface area contributed by atoms with Crippen LogP contribution in [0, 0.1) is 13.8 Å². The molecule has 2 heterocycles. The van der Waals surface area contributed by atoms with E-state index in [9.17, 15) is 9.59 Å². The number of carbonyl (C=O) groups is 1. The summed E-state index contributed by atoms with van der Waals surface area (Å²) >= 11 is 7.43. The molecule has 1 atom stereocenters. The summed E-state index contributed by atoms with van der Waals surface area (Å²) in [5, 5.41) is 3.91. The number of aryl methyl sites for hydroxylation is 2. The van der Waals surface area contributed by atoms with E-state index in [0.717, 1.165) is 22.3 Å². The van der Waals surface area contributed by atoms with Gasteiger partial charge in [0.05, 0.1) is 5.56 Å². The van der Waals surface area contributed by atoms with E-state index in [-0.39, 0.29) is 23.8 Å². The average molecular weight is 426 g/mol. The van der Waals surface area contributed by atoms with Crippen LogP contribution in [0.5, 0.6) is 0 Å². The maximum absolute atomic E-state index is 13.0. The van der Waals surface area contributed by atoms with Crippen molar-refractivity contribution in [3.05, 3.63) is 85.7 Å². The summed E-state index contributed by atoms with van der Waals surface area (Å²) in [6.45, 7) is 4.00. The third-order valence-electron chi connectivity index (χ3n) is 5.00. The van der Waals surface area contributed by atoms with Crippen molar-refractivity contribution in [3.63, 3.8) is 0 Å². The fourth-order valence-electron chi connectivity index (χ4n) is 3.60. The molecular formula is C22H20ClN3O2S. The molecule has 0 spiro atoms. The minimum Gasteiger partial charge on any atom is -0.310 e. The number of benzene rings is 2. The predicted molar refractivity (Wildman–Crippen MR) is 117 cm³/mol. The number of hydrogen-bond acceptors (Lipinski definition) is 4. The first-order valence-electron chi connectivity index (χ1n) is 9.29. The molecule has 7 heteroatoms. The molecule has 0 saturated carbocycles. The van der Waals surface area contributed by atoms with Crippen molar-refractivity contribution in [2.45, 2.75) is 37.1 Å². The van der Waals surface area contributed by atoms with Gasteiger partial charge in [0.15, 0.2) is 5.16 Å². The maximum Gasteiger partial charge on any atom is 0.257 e. The number of carbonyl (C=O) groups excluding carboxylic acids is 1. The topological polar surface area (TPSA) is 74.8 Å². The van der Waals surface area contributed by atoms with Crippen LogP contribution >= 0.6 is 23.4 Å². The molecule has 5 nitrogen and oxygen atoms in total. The van der Waals surface area contributed by atoms with Crippen molar-refractivity contribution in [2.75, 3.05) is 5.32 Å². The van der Waals surface area contributed by atoms with Gasteiger partial charge in [-0.25, -0.2) is 4.98 Å². The molecule has 148 valence electrons. The largest absolute Gasteiger partial charge is 0.310 e. The van der Waals surface area contributed by atoms with Crippen molar-refractivity contribution in [2.24, 2.45) is 0 Å². The fraction of sp³-hybridized carbons (Fsp3) is 0.227. The lowest BCUT2D eigenvalue weighted by Gasteiger charge is -2.26. The number of halogens is 1. The summed E-state index contributed by atoms with van der Waals surface area (Å²) in [7, 11) is 0. The summed E-state index contributed by atoms with van der Waals surface area (Å²) in [6, 6.07) is 13.6. The molecule has 2 aromatic carbocycles. The zero-order valence-corrected chi connectivity index (χ0v) is 17.7. The molecule has 0 aliphatic carbocycles. The van der Waals surface area contributed by atoms with Gasteiger partial charge in [-0.05, 0) is 42.7 Å². The van der Waals surface area contributed by atoms with E-state index in [1.54, 1.807) is 0 Å². The Labute approximate surface area is 177 Å². The molecule has 1 unspecified atom stereocenters. The second-order valence-electron chi connectivity index (χ2n) is 7.22. The first kappa shape index (κ1) is 19.7. The summed E-state index contributed by atoms with van der Waals surface area (Å²) in [4.78, 5) is 32.7. The number of aromatic nitrogens is 2. The monoisotopic (exact) mass is 425 g/mol. The van der Waals surface area contributed by atoms with Crippen molar-refractivity contribution in [1.82, 2.24) is 9.97 Å². The second-order valence-corrected chi connectivity index (χ2v) is 8.62. The van der Waals surface area contributed by atoms with E-state index in [1.807, 2.05) is 56.3 Å². The highest BCUT2D eigenvalue weighted by atomic mass is 35.5. The van der Waals surface area contributed by atoms with Gasteiger partial charge >= 0.3 is 0 Å². The van der Waals surface area contributed by atoms with Gasteiger partial charge in [-0.15, -0.1) is 0 Å². The van der Waals surface area contributed by atoms with Crippen LogP contribution in [0.4, 0.5) is 5.82 Å². The molecule has 0 radical (unpaired) electrons. The van der Waals surface area contributed by atoms with Crippen LogP contribution in [-0.4, -0.2) is 15.9 Å². The number of hydrogen-bond donors (Lipinski definition) is 2. The Morgan fingerprint density at radius 1 is 1.17 bits per heavy atom. The quantitative estimate of drug-likeness (QED) is 0.464. The van der Waals surface area contributed by atoms with Gasteiger partial charge < -0.3 is 10.3 Å². The summed E-state index contributed by atoms with van der Waals surface area (Å²) < 4.78 is 0. The maximum atomic E-state index is 13.0. The zero-order valence-electron chi connectivity index (χ0n) is 16.1. The molecule has 0 saturated heterocycles. The molecule has 29 heavy (non-hydrogen) atoms. The van der Waals surface area contributed by atoms with Crippen LogP contribution < -0.4 is 10.9 Å². The number of aromatic amines is 1. The van der Waals surface area contributed by atoms with E-state index in [4.69, 9.17) is 11.6 Å². The van der Waals surface area contributed by atoms with Gasteiger partial charge in [0.1, 0.15) is 5.82 Å². The minimum atomic E-state index is -0.304. The highest BCUT2D eigenvalue weighted by molar-refractivity contribution is 7.98. The summed E-state index contributed by atoms with van der Waals surface area (Å²) in [5.74, 6) is 0.523. The summed E-state index contributed by atoms with van der Waals surface area (Å²) in [6.07, 6.45) is 0.233. The molecule has 1 aromatic heterocycles. The van der Waals surface area contributed by atoms with Crippen molar-refractivity contribution in [1.29, 1.82) is 0 Å². The van der Waals surface area contributed by atoms with Crippen LogP contribution in [0.25, 0.3) is 0 Å². The molecule has 1 amide bonds. The van der Waals surface area contributed by atoms with Gasteiger partial charge in [0.25, 0.3) is 5.56 Å². The van der Waals surface area contributed by atoms with Gasteiger partial charge in [0, 0.05) is 23.1 Å². The fourth-order valence-corrected chi connectivity index (χ4v) is 4.61. The van der Waals surface area contributed by atoms with Crippen LogP contribution in [-0.2, 0) is 10.5 Å². The van der Waals surface area contributed by atoms with Crippen LogP contribution in [0.1, 0.15) is 40.2 Å². The predicted octanol–water partition coefficient (Wildman–Crippen LogP) is 4.81. The average Bonchev–Trinajstić information content (AvgIpc) is 2.67. The Morgan fingerprint density at radius 3 is 2.79 bits per heavy atom. The third-order valence-corrected chi connectivity index (χ3v) is 6.18. The molecule has 0 fully saturated rings. The van der Waals surface area contributed by atoms with Crippen molar-refractivity contribution < 1.29 is 4.79 Å². The Kier molecular flexibility index (Phi) is 5.48. The van der Waals surface area contributed by atoms with Crippen molar-refractivity contribution in [3.8, 4) is 0 Å². The number of anilines is 1. The van der Waals surface area contributed by atoms with E-state index in [1.165, 1.54) is 11.8 Å². The first-order chi connectivity index (χ1) is 13.9. The van der Waals surface area contributed by atoms with Crippen LogP contribution in [0.15, 0.2) is 52.4 Å². The number of rotatable bonds is 4. The van der Waals surface area contributed by atoms with Gasteiger partial charge in [0.2, 0.25) is 5.91 Å². The smallest absolute Gasteiger partial charge is 0.257 e. The Morgan fingerprint density at radius 2 is 2.00 bits per heavy atom. The Bertz CT molecular complexity index is 1160. The lowest BCUT2D eigenvalue weighted by atomic mass is 9.84. The van der Waals surface area contributed by atoms with Crippen molar-refractivity contribution >= 4 is 35.1 Å². The Balaban J connectivity index is 1.69. The SMILES string of the molecule is Cc1ccc(C)c(C2CC(=O)Nc3nc(SCc4cccc(Cl)c4)[nH]c(=O)c32)c1. The molecule has 1 aliphatic rings. The van der Waals surface area contributed by atoms with Gasteiger partial charge in [-0.3, -0.25) is 9.59 Å². The lowest BCUT2D eigenvalue weighted by molar-refractivity contribution is -0.116. The van der Waals surface area contributed by atoms with Crippen LogP contribution in [0.2, 0.25) is 5.02 Å². The highest BCUT2D eigenvalue weighted by Gasteiger charge is 2.31. The molecule has 3 aromatic rings. The lowest BCUT2D eigenvalue weighted by Crippen LogP contribution is -2.31. The van der Waals surface area contributed by atoms with Crippen LogP contribution in [0.3, 0.4) is 0 Å². The second kappa shape index (κ2) is 8.05. The first-order valence-corrected chi connectivity index (χ1v) is 10.7. The van der Waals surface area contributed by atoms with Gasteiger partial charge in [-0.1, -0.05) is 59.3 Å². The number of H-pyrrole nitrogens is 1. The van der Waals surface area contributed by atoms with E-state index in [2.05, 4.69) is 15.3 Å². The Hall–Kier alpha value is -2.57. The number of nitrogens with zero attached hydrogens (tertiary/aromatic N) is 1. The summed E-state index contributed by atoms with van der Waals surface area (Å²) in [5.41, 5.74) is 4.48. The molecule has 1 aliphatic heterocycles. The molecular weight excluding hydrogens is 406 g/mol. The van der Waals surface area contributed by atoms with E-state index in [0.29, 0.717) is 27.3 Å². The number of amides is 1. The zero-order chi connectivity index (χ0) is 20.5. The molecule has 0 bridgehead atoms. The normalized spacial score (nSPS) is 15.7. The standard InChI is InChI=1S/C22H20ClN3O2S/c1-12-6-7-13(2)16(8-12)17-10-18(27)24-20-19(17)21(28)26-22(25-20)29-11-14-4-3-5-15(23)9-14/h3-9,17H,10-11H2,1-2H3,(H2,24,25,26,27,28). The third kappa shape index (κ3) is 4.23. The van der Waals surface area contributed by atoms with E-state index >= 15 is 0 Å². The minimum absolute atomic E-state index is 0.132. The number of nitrogens with one attached hydrogen (secondary N) is 2. The molecule has 4 rings (SSSR count). The number of thioether (sulfide) groups is 1. The highest BCUT2D eigenvalue weighted by Crippen LogP contribution is 2.36. The number of fused-ring (bicyclic) bond motifs is 1. The van der Waals surface area contributed by atoms with Gasteiger partial charge in [-0.2, -0.15) is 0 Å².